The summed E-state index contributed by atoms with van der Waals surface area (Å²) in [6, 6.07) is 4.58. The normalized spacial score (nSPS) is 20.1. The van der Waals surface area contributed by atoms with Gasteiger partial charge in [-0.25, -0.2) is 0 Å². The van der Waals surface area contributed by atoms with Crippen molar-refractivity contribution in [2.24, 2.45) is 5.92 Å². The summed E-state index contributed by atoms with van der Waals surface area (Å²) in [6.07, 6.45) is 4.90. The molecule has 0 saturated carbocycles. The van der Waals surface area contributed by atoms with E-state index in [0.29, 0.717) is 0 Å². The summed E-state index contributed by atoms with van der Waals surface area (Å²) < 4.78 is 6.75. The first-order valence-corrected chi connectivity index (χ1v) is 7.27. The molecule has 3 rings (SSSR count). The van der Waals surface area contributed by atoms with Crippen LogP contribution in [0.15, 0.2) is 16.6 Å². The topological polar surface area (TPSA) is 21.3 Å². The number of hydrogen-bond donors (Lipinski definition) is 1. The van der Waals surface area contributed by atoms with Crippen LogP contribution in [0.3, 0.4) is 0 Å². The van der Waals surface area contributed by atoms with Gasteiger partial charge in [0.05, 0.1) is 11.1 Å². The van der Waals surface area contributed by atoms with Gasteiger partial charge in [0.25, 0.3) is 0 Å². The van der Waals surface area contributed by atoms with Crippen molar-refractivity contribution >= 4 is 15.9 Å². The molecule has 0 bridgehead atoms. The van der Waals surface area contributed by atoms with E-state index in [1.54, 1.807) is 0 Å². The fourth-order valence-corrected chi connectivity index (χ4v) is 3.52. The molecule has 92 valence electrons. The molecule has 0 unspecified atom stereocenters. The molecule has 0 radical (unpaired) electrons. The Labute approximate surface area is 111 Å². The molecule has 1 aromatic carbocycles. The lowest BCUT2D eigenvalue weighted by Crippen LogP contribution is -2.28. The van der Waals surface area contributed by atoms with Crippen molar-refractivity contribution in [3.8, 4) is 5.75 Å². The Morgan fingerprint density at radius 1 is 1.29 bits per heavy atom. The Balaban J connectivity index is 1.76. The molecular formula is C14H18BrNO. The van der Waals surface area contributed by atoms with Crippen LogP contribution >= 0.6 is 15.9 Å². The van der Waals surface area contributed by atoms with Crippen LogP contribution in [-0.4, -0.2) is 19.7 Å². The highest BCUT2D eigenvalue weighted by atomic mass is 79.9. The highest BCUT2D eigenvalue weighted by Crippen LogP contribution is 2.35. The van der Waals surface area contributed by atoms with E-state index in [-0.39, 0.29) is 0 Å². The standard InChI is InChI=1S/C14H18BrNO/c15-13-9-11(7-10-1-4-16-5-2-10)8-12-3-6-17-14(12)13/h8-10,16H,1-7H2. The molecule has 1 N–H and O–H groups in total. The maximum atomic E-state index is 5.62. The third-order valence-electron chi connectivity index (χ3n) is 3.78. The first-order chi connectivity index (χ1) is 8.33. The Hall–Kier alpha value is -0.540. The van der Waals surface area contributed by atoms with Gasteiger partial charge >= 0.3 is 0 Å². The summed E-state index contributed by atoms with van der Waals surface area (Å²) >= 11 is 3.63. The van der Waals surface area contributed by atoms with Crippen LogP contribution in [0, 0.1) is 5.92 Å². The molecule has 0 spiro atoms. The summed E-state index contributed by atoms with van der Waals surface area (Å²) in [7, 11) is 0. The predicted octanol–water partition coefficient (Wildman–Crippen LogP) is 2.93. The van der Waals surface area contributed by atoms with Gasteiger partial charge < -0.3 is 10.1 Å². The van der Waals surface area contributed by atoms with Crippen molar-refractivity contribution in [3.05, 3.63) is 27.7 Å². The molecule has 0 atom stereocenters. The van der Waals surface area contributed by atoms with Crippen LogP contribution in [0.5, 0.6) is 5.75 Å². The van der Waals surface area contributed by atoms with Crippen molar-refractivity contribution in [2.45, 2.75) is 25.7 Å². The molecule has 0 amide bonds. The molecule has 2 aliphatic heterocycles. The number of ether oxygens (including phenoxy) is 1. The van der Waals surface area contributed by atoms with Crippen LogP contribution in [0.2, 0.25) is 0 Å². The van der Waals surface area contributed by atoms with E-state index in [4.69, 9.17) is 4.74 Å². The Kier molecular flexibility index (Phi) is 3.39. The van der Waals surface area contributed by atoms with Gasteiger partial charge in [-0.3, -0.25) is 0 Å². The van der Waals surface area contributed by atoms with Crippen LogP contribution < -0.4 is 10.1 Å². The average molecular weight is 296 g/mol. The largest absolute Gasteiger partial charge is 0.492 e. The summed E-state index contributed by atoms with van der Waals surface area (Å²) in [6.45, 7) is 3.20. The minimum atomic E-state index is 0.838. The van der Waals surface area contributed by atoms with Crippen LogP contribution in [0.25, 0.3) is 0 Å². The molecule has 2 nitrogen and oxygen atoms in total. The maximum absolute atomic E-state index is 5.62. The van der Waals surface area contributed by atoms with Gasteiger partial charge in [-0.05, 0) is 71.4 Å². The van der Waals surface area contributed by atoms with Gasteiger partial charge in [0.1, 0.15) is 5.75 Å². The predicted molar refractivity (Wildman–Crippen MR) is 72.6 cm³/mol. The highest BCUT2D eigenvalue weighted by Gasteiger charge is 2.19. The van der Waals surface area contributed by atoms with E-state index in [1.807, 2.05) is 0 Å². The Morgan fingerprint density at radius 3 is 2.94 bits per heavy atom. The maximum Gasteiger partial charge on any atom is 0.136 e. The first kappa shape index (κ1) is 11.5. The van der Waals surface area contributed by atoms with E-state index < -0.39 is 0 Å². The van der Waals surface area contributed by atoms with Crippen molar-refractivity contribution < 1.29 is 4.74 Å². The van der Waals surface area contributed by atoms with Crippen molar-refractivity contribution in [1.29, 1.82) is 0 Å². The molecule has 1 saturated heterocycles. The molecule has 0 aliphatic carbocycles. The van der Waals surface area contributed by atoms with E-state index in [0.717, 1.165) is 29.2 Å². The molecule has 17 heavy (non-hydrogen) atoms. The van der Waals surface area contributed by atoms with Gasteiger partial charge in [0, 0.05) is 6.42 Å². The molecule has 0 aromatic heterocycles. The highest BCUT2D eigenvalue weighted by molar-refractivity contribution is 9.10. The number of fused-ring (bicyclic) bond motifs is 1. The molecule has 1 fully saturated rings. The lowest BCUT2D eigenvalue weighted by molar-refractivity contribution is 0.354. The summed E-state index contributed by atoms with van der Waals surface area (Å²) in [4.78, 5) is 0. The number of halogens is 1. The zero-order valence-corrected chi connectivity index (χ0v) is 11.6. The molecule has 2 heterocycles. The molecule has 2 aliphatic rings. The lowest BCUT2D eigenvalue weighted by atomic mass is 9.90. The minimum absolute atomic E-state index is 0.838. The second kappa shape index (κ2) is 4.99. The first-order valence-electron chi connectivity index (χ1n) is 6.48. The number of benzene rings is 1. The van der Waals surface area contributed by atoms with Crippen molar-refractivity contribution in [2.75, 3.05) is 19.7 Å². The number of nitrogens with one attached hydrogen (secondary N) is 1. The average Bonchev–Trinajstić information content (AvgIpc) is 2.79. The Morgan fingerprint density at radius 2 is 2.12 bits per heavy atom. The van der Waals surface area contributed by atoms with Gasteiger partial charge in [-0.1, -0.05) is 6.07 Å². The second-order valence-corrected chi connectivity index (χ2v) is 5.92. The van der Waals surface area contributed by atoms with E-state index in [2.05, 4.69) is 33.4 Å². The van der Waals surface area contributed by atoms with E-state index >= 15 is 0 Å². The van der Waals surface area contributed by atoms with Gasteiger partial charge in [0.2, 0.25) is 0 Å². The summed E-state index contributed by atoms with van der Waals surface area (Å²) in [5.74, 6) is 1.92. The van der Waals surface area contributed by atoms with Crippen molar-refractivity contribution in [1.82, 2.24) is 5.32 Å². The van der Waals surface area contributed by atoms with E-state index in [9.17, 15) is 0 Å². The number of rotatable bonds is 2. The molecule has 1 aromatic rings. The van der Waals surface area contributed by atoms with Crippen LogP contribution in [-0.2, 0) is 12.8 Å². The monoisotopic (exact) mass is 295 g/mol. The summed E-state index contributed by atoms with van der Waals surface area (Å²) in [5.41, 5.74) is 2.84. The summed E-state index contributed by atoms with van der Waals surface area (Å²) in [5, 5.41) is 3.42. The van der Waals surface area contributed by atoms with Gasteiger partial charge in [-0.15, -0.1) is 0 Å². The number of piperidine rings is 1. The lowest BCUT2D eigenvalue weighted by Gasteiger charge is -2.22. The zero-order valence-electron chi connectivity index (χ0n) is 9.97. The zero-order chi connectivity index (χ0) is 11.7. The van der Waals surface area contributed by atoms with Crippen LogP contribution in [0.4, 0.5) is 0 Å². The molecule has 3 heteroatoms. The number of hydrogen-bond acceptors (Lipinski definition) is 2. The fourth-order valence-electron chi connectivity index (χ4n) is 2.86. The third kappa shape index (κ3) is 2.50. The molecular weight excluding hydrogens is 278 g/mol. The van der Waals surface area contributed by atoms with Gasteiger partial charge in [-0.2, -0.15) is 0 Å². The SMILES string of the molecule is Brc1cc(CC2CCNCC2)cc2c1OCC2. The quantitative estimate of drug-likeness (QED) is 0.906. The minimum Gasteiger partial charge on any atom is -0.492 e. The fraction of sp³-hybridized carbons (Fsp3) is 0.571. The van der Waals surface area contributed by atoms with Gasteiger partial charge in [0.15, 0.2) is 0 Å². The van der Waals surface area contributed by atoms with Crippen molar-refractivity contribution in [3.63, 3.8) is 0 Å². The second-order valence-electron chi connectivity index (χ2n) is 5.06. The smallest absolute Gasteiger partial charge is 0.136 e. The Bertz CT molecular complexity index is 413. The third-order valence-corrected chi connectivity index (χ3v) is 4.37. The van der Waals surface area contributed by atoms with E-state index in [1.165, 1.54) is 43.5 Å². The van der Waals surface area contributed by atoms with Crippen LogP contribution in [0.1, 0.15) is 24.0 Å².